The Bertz CT molecular complexity index is 2130. The lowest BCUT2D eigenvalue weighted by molar-refractivity contribution is 0.922. The van der Waals surface area contributed by atoms with Crippen molar-refractivity contribution >= 4 is 24.3 Å². The summed E-state index contributed by atoms with van der Waals surface area (Å²) in [4.78, 5) is 0. The van der Waals surface area contributed by atoms with E-state index in [4.69, 9.17) is 0 Å². The number of nitrogens with zero attached hydrogens (tertiary/aromatic N) is 2. The minimum absolute atomic E-state index is 0.925. The van der Waals surface area contributed by atoms with Crippen LogP contribution < -0.4 is 0 Å². The zero-order valence-corrected chi connectivity index (χ0v) is 29.1. The van der Waals surface area contributed by atoms with Gasteiger partial charge in [0.15, 0.2) is 0 Å². The largest absolute Gasteiger partial charge is 0.310 e. The summed E-state index contributed by atoms with van der Waals surface area (Å²) < 4.78 is 4.94. The molecule has 0 saturated carbocycles. The predicted molar refractivity (Wildman–Crippen MR) is 215 cm³/mol. The summed E-state index contributed by atoms with van der Waals surface area (Å²) in [5.41, 5.74) is 21.9. The second-order valence-electron chi connectivity index (χ2n) is 14.6. The molecule has 2 aromatic heterocycles. The van der Waals surface area contributed by atoms with Gasteiger partial charge in [-0.3, -0.25) is 0 Å². The first-order valence-corrected chi connectivity index (χ1v) is 18.9. The average molecular weight is 659 g/mol. The first kappa shape index (κ1) is 30.2. The Balaban J connectivity index is 0.835. The van der Waals surface area contributed by atoms with Gasteiger partial charge in [-0.2, -0.15) is 0 Å². The highest BCUT2D eigenvalue weighted by molar-refractivity contribution is 5.73. The molecule has 4 aliphatic carbocycles. The number of benzene rings is 4. The van der Waals surface area contributed by atoms with Gasteiger partial charge in [-0.1, -0.05) is 97.1 Å². The normalized spacial score (nSPS) is 15.4. The van der Waals surface area contributed by atoms with Crippen molar-refractivity contribution in [2.24, 2.45) is 0 Å². The Morgan fingerprint density at radius 3 is 0.902 bits per heavy atom. The number of rotatable bonds is 6. The maximum Gasteiger partial charge on any atom is 0.0494 e. The van der Waals surface area contributed by atoms with E-state index in [1.165, 1.54) is 67.5 Å². The van der Waals surface area contributed by atoms with Crippen LogP contribution in [0.2, 0.25) is 0 Å². The average Bonchev–Trinajstić information content (AvgIpc) is 3.72. The van der Waals surface area contributed by atoms with Crippen molar-refractivity contribution in [3.05, 3.63) is 178 Å². The van der Waals surface area contributed by atoms with E-state index >= 15 is 0 Å². The Hall–Kier alpha value is -5.60. The number of hydrogen-bond donors (Lipinski definition) is 0. The van der Waals surface area contributed by atoms with E-state index in [-0.39, 0.29) is 0 Å². The molecule has 4 aromatic carbocycles. The molecule has 4 aliphatic rings. The topological polar surface area (TPSA) is 9.86 Å². The monoisotopic (exact) mass is 658 g/mol. The van der Waals surface area contributed by atoms with Gasteiger partial charge in [0.2, 0.25) is 0 Å². The SMILES string of the molecule is C1=Cc2c(c3c(n2-c2ccc(-c4ccc(Cc5ccc(-c6ccc(-n7c8c(c9c7C=CCC9)CCC=C8)cc6)cc5)cc4)cc2)C=CCC3)CC1. The van der Waals surface area contributed by atoms with E-state index in [9.17, 15) is 0 Å². The van der Waals surface area contributed by atoms with E-state index in [0.717, 1.165) is 57.8 Å². The van der Waals surface area contributed by atoms with Gasteiger partial charge in [0.1, 0.15) is 0 Å². The third-order valence-corrected chi connectivity index (χ3v) is 11.5. The third kappa shape index (κ3) is 5.33. The summed E-state index contributed by atoms with van der Waals surface area (Å²) in [6.45, 7) is 0. The van der Waals surface area contributed by atoms with Gasteiger partial charge < -0.3 is 9.13 Å². The standard InChI is InChI=1S/C49H42N2/c1-5-13-46-42(9-1)43-10-2-6-14-47(43)50(46)40-29-25-38(26-30-40)36-21-17-34(18-22-36)33-35-19-23-37(24-20-35)39-27-31-41(32-28-39)51-48-15-7-3-11-44(48)45-12-4-8-16-49(45)51/h5-8,13-32H,1-4,9-12,33H2. The molecule has 0 bridgehead atoms. The molecule has 248 valence electrons. The quantitative estimate of drug-likeness (QED) is 0.169. The van der Waals surface area contributed by atoms with Gasteiger partial charge >= 0.3 is 0 Å². The fraction of sp³-hybridized carbons (Fsp3) is 0.184. The van der Waals surface area contributed by atoms with Gasteiger partial charge in [0.05, 0.1) is 0 Å². The van der Waals surface area contributed by atoms with Crippen molar-refractivity contribution < 1.29 is 0 Å². The highest BCUT2D eigenvalue weighted by atomic mass is 15.0. The number of hydrogen-bond acceptors (Lipinski definition) is 0. The Kier molecular flexibility index (Phi) is 7.48. The molecule has 0 unspecified atom stereocenters. The smallest absolute Gasteiger partial charge is 0.0494 e. The van der Waals surface area contributed by atoms with Crippen LogP contribution in [-0.2, 0) is 32.1 Å². The molecule has 6 aromatic rings. The Labute approximate surface area is 301 Å². The van der Waals surface area contributed by atoms with Crippen LogP contribution in [0.4, 0.5) is 0 Å². The zero-order chi connectivity index (χ0) is 33.7. The molecule has 2 heterocycles. The Morgan fingerprint density at radius 2 is 0.608 bits per heavy atom. The van der Waals surface area contributed by atoms with Gasteiger partial charge in [-0.25, -0.2) is 0 Å². The number of aromatic nitrogens is 2. The van der Waals surface area contributed by atoms with E-state index in [1.807, 2.05) is 0 Å². The minimum Gasteiger partial charge on any atom is -0.310 e. The van der Waals surface area contributed by atoms with Gasteiger partial charge in [0.25, 0.3) is 0 Å². The molecule has 0 aliphatic heterocycles. The van der Waals surface area contributed by atoms with E-state index < -0.39 is 0 Å². The van der Waals surface area contributed by atoms with Gasteiger partial charge in [-0.05, 0) is 162 Å². The summed E-state index contributed by atoms with van der Waals surface area (Å²) in [5, 5.41) is 0. The Morgan fingerprint density at radius 1 is 0.333 bits per heavy atom. The lowest BCUT2D eigenvalue weighted by Crippen LogP contribution is -2.02. The molecule has 0 saturated heterocycles. The van der Waals surface area contributed by atoms with Crippen LogP contribution in [0.3, 0.4) is 0 Å². The molecule has 0 N–H and O–H groups in total. The molecule has 51 heavy (non-hydrogen) atoms. The van der Waals surface area contributed by atoms with Crippen LogP contribution >= 0.6 is 0 Å². The molecular formula is C49H42N2. The molecule has 2 nitrogen and oxygen atoms in total. The third-order valence-electron chi connectivity index (χ3n) is 11.5. The lowest BCUT2D eigenvalue weighted by atomic mass is 9.94. The summed E-state index contributed by atoms with van der Waals surface area (Å²) >= 11 is 0. The van der Waals surface area contributed by atoms with Crippen molar-refractivity contribution in [3.8, 4) is 33.6 Å². The van der Waals surface area contributed by atoms with E-state index in [1.54, 1.807) is 22.3 Å². The fourth-order valence-corrected chi connectivity index (χ4v) is 8.95. The van der Waals surface area contributed by atoms with Crippen LogP contribution in [0.1, 0.15) is 81.8 Å². The van der Waals surface area contributed by atoms with Crippen LogP contribution in [0.15, 0.2) is 121 Å². The van der Waals surface area contributed by atoms with E-state index in [0.29, 0.717) is 0 Å². The summed E-state index contributed by atoms with van der Waals surface area (Å²) in [5.74, 6) is 0. The second kappa shape index (κ2) is 12.6. The molecule has 0 fully saturated rings. The first-order valence-electron chi connectivity index (χ1n) is 18.9. The van der Waals surface area contributed by atoms with Crippen molar-refractivity contribution in [3.63, 3.8) is 0 Å². The summed E-state index contributed by atoms with van der Waals surface area (Å²) in [7, 11) is 0. The van der Waals surface area contributed by atoms with Crippen molar-refractivity contribution in [2.45, 2.75) is 57.8 Å². The van der Waals surface area contributed by atoms with Crippen LogP contribution in [0.25, 0.3) is 57.9 Å². The van der Waals surface area contributed by atoms with Crippen molar-refractivity contribution in [2.75, 3.05) is 0 Å². The lowest BCUT2D eigenvalue weighted by Gasteiger charge is -2.14. The first-order chi connectivity index (χ1) is 25.3. The van der Waals surface area contributed by atoms with E-state index in [2.05, 4.69) is 155 Å². The summed E-state index contributed by atoms with van der Waals surface area (Å²) in [6, 6.07) is 36.5. The van der Waals surface area contributed by atoms with Crippen LogP contribution in [0.5, 0.6) is 0 Å². The number of fused-ring (bicyclic) bond motifs is 6. The maximum absolute atomic E-state index is 2.47. The minimum atomic E-state index is 0.925. The highest BCUT2D eigenvalue weighted by Crippen LogP contribution is 2.38. The second-order valence-corrected chi connectivity index (χ2v) is 14.6. The maximum atomic E-state index is 2.47. The molecule has 0 radical (unpaired) electrons. The number of allylic oxidation sites excluding steroid dienone is 4. The molecular weight excluding hydrogens is 617 g/mol. The summed E-state index contributed by atoms with van der Waals surface area (Å²) in [6.07, 6.45) is 28.8. The highest BCUT2D eigenvalue weighted by Gasteiger charge is 2.24. The van der Waals surface area contributed by atoms with Crippen LogP contribution in [-0.4, -0.2) is 9.13 Å². The fourth-order valence-electron chi connectivity index (χ4n) is 8.95. The molecule has 10 rings (SSSR count). The van der Waals surface area contributed by atoms with Crippen LogP contribution in [0, 0.1) is 0 Å². The molecule has 0 atom stereocenters. The van der Waals surface area contributed by atoms with Gasteiger partial charge in [0, 0.05) is 34.2 Å². The molecule has 0 amide bonds. The van der Waals surface area contributed by atoms with Crippen molar-refractivity contribution in [1.29, 1.82) is 0 Å². The molecule has 0 spiro atoms. The van der Waals surface area contributed by atoms with Crippen molar-refractivity contribution in [1.82, 2.24) is 9.13 Å². The predicted octanol–water partition coefficient (Wildman–Crippen LogP) is 12.0. The van der Waals surface area contributed by atoms with Gasteiger partial charge in [-0.15, -0.1) is 0 Å². The zero-order valence-electron chi connectivity index (χ0n) is 29.1. The molecule has 2 heteroatoms.